The number of aromatic nitrogens is 2. The standard InChI is InChI=1S/C14H25N5O/c1-8-9(2)16-17-13(11(8)12(15)18-20)19(7)10(3)14(4,5)6/h10,20H,1-7H3,(H2,15,18). The summed E-state index contributed by atoms with van der Waals surface area (Å²) in [5, 5.41) is 20.5. The predicted octanol–water partition coefficient (Wildman–Crippen LogP) is 2.06. The molecule has 0 fully saturated rings. The van der Waals surface area contributed by atoms with Crippen molar-refractivity contribution in [2.24, 2.45) is 16.3 Å². The van der Waals surface area contributed by atoms with Gasteiger partial charge in [-0.15, -0.1) is 5.10 Å². The van der Waals surface area contributed by atoms with Crippen molar-refractivity contribution < 1.29 is 5.21 Å². The smallest absolute Gasteiger partial charge is 0.174 e. The second kappa shape index (κ2) is 5.64. The third-order valence-corrected chi connectivity index (χ3v) is 3.97. The van der Waals surface area contributed by atoms with Gasteiger partial charge in [0.2, 0.25) is 0 Å². The maximum atomic E-state index is 9.00. The van der Waals surface area contributed by atoms with Gasteiger partial charge in [-0.2, -0.15) is 5.10 Å². The second-order valence-corrected chi connectivity index (χ2v) is 6.25. The molecule has 0 saturated carbocycles. The van der Waals surface area contributed by atoms with Crippen molar-refractivity contribution in [3.8, 4) is 0 Å². The van der Waals surface area contributed by atoms with Gasteiger partial charge in [-0.3, -0.25) is 0 Å². The van der Waals surface area contributed by atoms with E-state index in [2.05, 4.69) is 43.0 Å². The number of nitrogens with zero attached hydrogens (tertiary/aromatic N) is 4. The van der Waals surface area contributed by atoms with Gasteiger partial charge in [-0.05, 0) is 31.7 Å². The van der Waals surface area contributed by atoms with Crippen molar-refractivity contribution in [1.29, 1.82) is 0 Å². The number of amidine groups is 1. The minimum atomic E-state index is 0.0588. The Hall–Kier alpha value is -1.85. The molecule has 3 N–H and O–H groups in total. The van der Waals surface area contributed by atoms with Gasteiger partial charge in [0.05, 0.1) is 11.3 Å². The van der Waals surface area contributed by atoms with Gasteiger partial charge in [0.15, 0.2) is 11.7 Å². The van der Waals surface area contributed by atoms with Crippen LogP contribution in [-0.4, -0.2) is 34.3 Å². The Labute approximate surface area is 120 Å². The lowest BCUT2D eigenvalue weighted by molar-refractivity contribution is 0.318. The molecule has 0 aromatic carbocycles. The molecule has 1 heterocycles. The molecule has 0 bridgehead atoms. The summed E-state index contributed by atoms with van der Waals surface area (Å²) in [5.41, 5.74) is 8.17. The van der Waals surface area contributed by atoms with Crippen LogP contribution in [0.5, 0.6) is 0 Å². The normalized spacial score (nSPS) is 14.2. The Morgan fingerprint density at radius 1 is 1.30 bits per heavy atom. The highest BCUT2D eigenvalue weighted by Crippen LogP contribution is 2.29. The number of anilines is 1. The van der Waals surface area contributed by atoms with E-state index >= 15 is 0 Å². The molecule has 112 valence electrons. The Balaban J connectivity index is 3.42. The van der Waals surface area contributed by atoms with E-state index in [1.807, 2.05) is 25.8 Å². The summed E-state index contributed by atoms with van der Waals surface area (Å²) < 4.78 is 0. The minimum Gasteiger partial charge on any atom is -0.409 e. The molecule has 20 heavy (non-hydrogen) atoms. The molecule has 1 atom stereocenters. The van der Waals surface area contributed by atoms with E-state index < -0.39 is 0 Å². The third kappa shape index (κ3) is 3.00. The lowest BCUT2D eigenvalue weighted by atomic mass is 9.87. The minimum absolute atomic E-state index is 0.0588. The summed E-state index contributed by atoms with van der Waals surface area (Å²) in [7, 11) is 1.95. The summed E-state index contributed by atoms with van der Waals surface area (Å²) >= 11 is 0. The van der Waals surface area contributed by atoms with Gasteiger partial charge in [0.1, 0.15) is 0 Å². The van der Waals surface area contributed by atoms with E-state index in [0.29, 0.717) is 11.4 Å². The topological polar surface area (TPSA) is 87.6 Å². The molecule has 0 spiro atoms. The number of nitrogens with two attached hydrogens (primary N) is 1. The summed E-state index contributed by atoms with van der Waals surface area (Å²) in [6.45, 7) is 12.3. The van der Waals surface area contributed by atoms with E-state index in [4.69, 9.17) is 10.9 Å². The molecule has 1 rings (SSSR count). The zero-order valence-electron chi connectivity index (χ0n) is 13.4. The molecule has 0 aliphatic rings. The molecule has 0 amide bonds. The van der Waals surface area contributed by atoms with Gasteiger partial charge < -0.3 is 15.8 Å². The zero-order valence-corrected chi connectivity index (χ0v) is 13.4. The maximum Gasteiger partial charge on any atom is 0.174 e. The maximum absolute atomic E-state index is 9.00. The molecule has 1 aromatic heterocycles. The number of oxime groups is 1. The van der Waals surface area contributed by atoms with Crippen LogP contribution in [-0.2, 0) is 0 Å². The monoisotopic (exact) mass is 279 g/mol. The van der Waals surface area contributed by atoms with E-state index in [-0.39, 0.29) is 17.3 Å². The van der Waals surface area contributed by atoms with Gasteiger partial charge in [0.25, 0.3) is 0 Å². The number of hydrogen-bond donors (Lipinski definition) is 2. The number of rotatable bonds is 3. The van der Waals surface area contributed by atoms with Gasteiger partial charge >= 0.3 is 0 Å². The lowest BCUT2D eigenvalue weighted by Crippen LogP contribution is -2.41. The van der Waals surface area contributed by atoms with Crippen molar-refractivity contribution in [1.82, 2.24) is 10.2 Å². The van der Waals surface area contributed by atoms with Crippen LogP contribution in [0.3, 0.4) is 0 Å². The van der Waals surface area contributed by atoms with Crippen LogP contribution in [0.15, 0.2) is 5.16 Å². The third-order valence-electron chi connectivity index (χ3n) is 3.97. The van der Waals surface area contributed by atoms with E-state index in [0.717, 1.165) is 11.3 Å². The van der Waals surface area contributed by atoms with Crippen molar-refractivity contribution in [2.75, 3.05) is 11.9 Å². The second-order valence-electron chi connectivity index (χ2n) is 6.25. The summed E-state index contributed by atoms with van der Waals surface area (Å²) in [5.74, 6) is 0.689. The van der Waals surface area contributed by atoms with Crippen molar-refractivity contribution >= 4 is 11.7 Å². The SMILES string of the molecule is Cc1nnc(N(C)C(C)C(C)(C)C)c(C(N)=NO)c1C. The lowest BCUT2D eigenvalue weighted by Gasteiger charge is -2.36. The fraction of sp³-hybridized carbons (Fsp3) is 0.643. The van der Waals surface area contributed by atoms with Gasteiger partial charge in [-0.1, -0.05) is 25.9 Å². The molecule has 0 saturated heterocycles. The Kier molecular flexibility index (Phi) is 4.57. The highest BCUT2D eigenvalue weighted by atomic mass is 16.4. The van der Waals surface area contributed by atoms with Crippen molar-refractivity contribution in [3.63, 3.8) is 0 Å². The van der Waals surface area contributed by atoms with Crippen LogP contribution < -0.4 is 10.6 Å². The number of hydrogen-bond acceptors (Lipinski definition) is 5. The van der Waals surface area contributed by atoms with Crippen LogP contribution in [0.2, 0.25) is 0 Å². The van der Waals surface area contributed by atoms with E-state index in [1.165, 1.54) is 0 Å². The highest BCUT2D eigenvalue weighted by molar-refractivity contribution is 6.02. The molecule has 0 radical (unpaired) electrons. The van der Waals surface area contributed by atoms with Crippen molar-refractivity contribution in [3.05, 3.63) is 16.8 Å². The quantitative estimate of drug-likeness (QED) is 0.383. The highest BCUT2D eigenvalue weighted by Gasteiger charge is 2.28. The van der Waals surface area contributed by atoms with E-state index in [1.54, 1.807) is 0 Å². The predicted molar refractivity (Wildman–Crippen MR) is 81.3 cm³/mol. The fourth-order valence-electron chi connectivity index (χ4n) is 1.96. The first-order chi connectivity index (χ1) is 9.11. The first kappa shape index (κ1) is 16.2. The molecule has 1 unspecified atom stereocenters. The fourth-order valence-corrected chi connectivity index (χ4v) is 1.96. The van der Waals surface area contributed by atoms with Crippen LogP contribution >= 0.6 is 0 Å². The van der Waals surface area contributed by atoms with Crippen LogP contribution in [0, 0.1) is 19.3 Å². The first-order valence-electron chi connectivity index (χ1n) is 6.65. The molecule has 0 aliphatic heterocycles. The van der Waals surface area contributed by atoms with E-state index in [9.17, 15) is 0 Å². The van der Waals surface area contributed by atoms with Crippen LogP contribution in [0.4, 0.5) is 5.82 Å². The molecule has 6 nitrogen and oxygen atoms in total. The zero-order chi connectivity index (χ0) is 15.7. The first-order valence-corrected chi connectivity index (χ1v) is 6.65. The van der Waals surface area contributed by atoms with Crippen molar-refractivity contribution in [2.45, 2.75) is 47.6 Å². The average molecular weight is 279 g/mol. The molecule has 6 heteroatoms. The molecular formula is C14H25N5O. The largest absolute Gasteiger partial charge is 0.409 e. The van der Waals surface area contributed by atoms with Crippen LogP contribution in [0.25, 0.3) is 0 Å². The van der Waals surface area contributed by atoms with Gasteiger partial charge in [0, 0.05) is 13.1 Å². The Bertz CT molecular complexity index is 519. The molecular weight excluding hydrogens is 254 g/mol. The molecule has 0 aliphatic carbocycles. The van der Waals surface area contributed by atoms with Gasteiger partial charge in [-0.25, -0.2) is 0 Å². The Morgan fingerprint density at radius 2 is 1.85 bits per heavy atom. The number of aryl methyl sites for hydroxylation is 1. The summed E-state index contributed by atoms with van der Waals surface area (Å²) in [6, 6.07) is 0.212. The summed E-state index contributed by atoms with van der Waals surface area (Å²) in [4.78, 5) is 2.02. The summed E-state index contributed by atoms with van der Waals surface area (Å²) in [6.07, 6.45) is 0. The molecule has 1 aromatic rings. The van der Waals surface area contributed by atoms with Crippen LogP contribution in [0.1, 0.15) is 44.5 Å². The average Bonchev–Trinajstić information content (AvgIpc) is 2.38. The Morgan fingerprint density at radius 3 is 2.30 bits per heavy atom.